The van der Waals surface area contributed by atoms with Gasteiger partial charge in [-0.1, -0.05) is 12.1 Å². The zero-order valence-corrected chi connectivity index (χ0v) is 7.46. The van der Waals surface area contributed by atoms with E-state index in [-0.39, 0.29) is 3.57 Å². The van der Waals surface area contributed by atoms with Crippen molar-refractivity contribution < 1.29 is 14.3 Å². The smallest absolute Gasteiger partial charge is 0.145 e. The molecular formula is C7H3FIO2-. The van der Waals surface area contributed by atoms with Crippen LogP contribution in [-0.4, -0.2) is 5.97 Å². The van der Waals surface area contributed by atoms with E-state index in [1.54, 1.807) is 22.6 Å². The molecule has 0 bridgehead atoms. The topological polar surface area (TPSA) is 40.1 Å². The molecule has 2 nitrogen and oxygen atoms in total. The Balaban J connectivity index is 3.27. The molecule has 0 aliphatic rings. The maximum Gasteiger partial charge on any atom is 0.145 e. The summed E-state index contributed by atoms with van der Waals surface area (Å²) in [5.74, 6) is -2.21. The van der Waals surface area contributed by atoms with E-state index in [9.17, 15) is 14.3 Å². The fourth-order valence-corrected chi connectivity index (χ4v) is 1.16. The van der Waals surface area contributed by atoms with Crippen LogP contribution in [-0.2, 0) is 0 Å². The van der Waals surface area contributed by atoms with Crippen molar-refractivity contribution in [2.45, 2.75) is 0 Å². The molecule has 0 aliphatic heterocycles. The summed E-state index contributed by atoms with van der Waals surface area (Å²) in [5, 5.41) is 10.2. The van der Waals surface area contributed by atoms with E-state index in [0.29, 0.717) is 0 Å². The molecule has 0 unspecified atom stereocenters. The van der Waals surface area contributed by atoms with Gasteiger partial charge >= 0.3 is 0 Å². The molecule has 0 fully saturated rings. The second kappa shape index (κ2) is 3.17. The minimum Gasteiger partial charge on any atom is -0.545 e. The van der Waals surface area contributed by atoms with Crippen LogP contribution in [0.15, 0.2) is 18.2 Å². The molecule has 0 heterocycles. The van der Waals surface area contributed by atoms with Gasteiger partial charge in [-0.25, -0.2) is 4.39 Å². The number of halogens is 2. The van der Waals surface area contributed by atoms with Crippen molar-refractivity contribution in [3.8, 4) is 0 Å². The van der Waals surface area contributed by atoms with Gasteiger partial charge in [-0.15, -0.1) is 0 Å². The zero-order chi connectivity index (χ0) is 8.43. The standard InChI is InChI=1S/C7H4FIO2/c8-6-4(7(10)11)2-1-3-5(6)9/h1-3H,(H,10,11)/p-1. The third-order valence-corrected chi connectivity index (χ3v) is 2.00. The van der Waals surface area contributed by atoms with Crippen LogP contribution < -0.4 is 5.11 Å². The van der Waals surface area contributed by atoms with E-state index in [0.717, 1.165) is 0 Å². The Morgan fingerprint density at radius 1 is 1.55 bits per heavy atom. The van der Waals surface area contributed by atoms with Gasteiger partial charge in [0.1, 0.15) is 5.82 Å². The number of hydrogen-bond acceptors (Lipinski definition) is 2. The predicted molar refractivity (Wildman–Crippen MR) is 43.4 cm³/mol. The average molecular weight is 265 g/mol. The lowest BCUT2D eigenvalue weighted by Crippen LogP contribution is -2.23. The molecule has 58 valence electrons. The lowest BCUT2D eigenvalue weighted by molar-refractivity contribution is -0.255. The molecule has 1 aromatic carbocycles. The van der Waals surface area contributed by atoms with Crippen molar-refractivity contribution in [3.05, 3.63) is 33.1 Å². The molecule has 0 spiro atoms. The molecule has 0 saturated heterocycles. The highest BCUT2D eigenvalue weighted by Gasteiger charge is 2.04. The predicted octanol–water partition coefficient (Wildman–Crippen LogP) is 0.794. The summed E-state index contributed by atoms with van der Waals surface area (Å²) in [6, 6.07) is 4.13. The highest BCUT2D eigenvalue weighted by molar-refractivity contribution is 14.1. The second-order valence-electron chi connectivity index (χ2n) is 1.89. The van der Waals surface area contributed by atoms with E-state index in [1.165, 1.54) is 18.2 Å². The van der Waals surface area contributed by atoms with Gasteiger partial charge < -0.3 is 9.90 Å². The lowest BCUT2D eigenvalue weighted by atomic mass is 10.2. The van der Waals surface area contributed by atoms with Crippen LogP contribution in [0.3, 0.4) is 0 Å². The summed E-state index contributed by atoms with van der Waals surface area (Å²) in [7, 11) is 0. The third kappa shape index (κ3) is 1.68. The summed E-state index contributed by atoms with van der Waals surface area (Å²) >= 11 is 1.72. The summed E-state index contributed by atoms with van der Waals surface area (Å²) in [6.45, 7) is 0. The number of carbonyl (C=O) groups excluding carboxylic acids is 1. The van der Waals surface area contributed by atoms with Gasteiger partial charge in [0.25, 0.3) is 0 Å². The molecule has 0 aliphatic carbocycles. The molecule has 4 heteroatoms. The molecule has 11 heavy (non-hydrogen) atoms. The molecule has 0 amide bonds. The van der Waals surface area contributed by atoms with Crippen molar-refractivity contribution >= 4 is 28.6 Å². The first kappa shape index (κ1) is 8.45. The first-order chi connectivity index (χ1) is 5.13. The highest BCUT2D eigenvalue weighted by atomic mass is 127. The maximum atomic E-state index is 12.8. The van der Waals surface area contributed by atoms with E-state index < -0.39 is 17.3 Å². The molecular weight excluding hydrogens is 262 g/mol. The molecule has 0 radical (unpaired) electrons. The van der Waals surface area contributed by atoms with E-state index in [4.69, 9.17) is 0 Å². The quantitative estimate of drug-likeness (QED) is 0.704. The van der Waals surface area contributed by atoms with Crippen molar-refractivity contribution in [2.24, 2.45) is 0 Å². The Morgan fingerprint density at radius 3 is 2.64 bits per heavy atom. The summed E-state index contributed by atoms with van der Waals surface area (Å²) in [4.78, 5) is 10.2. The molecule has 1 rings (SSSR count). The molecule has 0 N–H and O–H groups in total. The number of carboxylic acid groups (broad SMARTS) is 1. The van der Waals surface area contributed by atoms with Crippen LogP contribution in [0.2, 0.25) is 0 Å². The fraction of sp³-hybridized carbons (Fsp3) is 0. The van der Waals surface area contributed by atoms with E-state index in [2.05, 4.69) is 0 Å². The van der Waals surface area contributed by atoms with Crippen molar-refractivity contribution in [1.29, 1.82) is 0 Å². The van der Waals surface area contributed by atoms with Crippen molar-refractivity contribution in [3.63, 3.8) is 0 Å². The number of hydrogen-bond donors (Lipinski definition) is 0. The third-order valence-electron chi connectivity index (χ3n) is 1.17. The minimum atomic E-state index is -1.49. The number of rotatable bonds is 1. The van der Waals surface area contributed by atoms with Gasteiger partial charge in [0.2, 0.25) is 0 Å². The second-order valence-corrected chi connectivity index (χ2v) is 3.05. The number of benzene rings is 1. The monoisotopic (exact) mass is 265 g/mol. The summed E-state index contributed by atoms with van der Waals surface area (Å²) in [6.07, 6.45) is 0. The SMILES string of the molecule is O=C([O-])c1cccc(I)c1F. The van der Waals surface area contributed by atoms with E-state index >= 15 is 0 Å². The van der Waals surface area contributed by atoms with Gasteiger partial charge in [0.15, 0.2) is 0 Å². The van der Waals surface area contributed by atoms with Gasteiger partial charge in [-0.2, -0.15) is 0 Å². The number of aromatic carboxylic acids is 1. The maximum absolute atomic E-state index is 12.8. The Labute approximate surface area is 76.2 Å². The Hall–Kier alpha value is -0.650. The zero-order valence-electron chi connectivity index (χ0n) is 5.30. The highest BCUT2D eigenvalue weighted by Crippen LogP contribution is 2.13. The van der Waals surface area contributed by atoms with Crippen LogP contribution in [0.1, 0.15) is 10.4 Å². The van der Waals surface area contributed by atoms with Gasteiger partial charge in [-0.05, 0) is 28.7 Å². The number of carboxylic acids is 1. The average Bonchev–Trinajstić information content (AvgIpc) is 1.94. The van der Waals surface area contributed by atoms with Gasteiger partial charge in [-0.3, -0.25) is 0 Å². The lowest BCUT2D eigenvalue weighted by Gasteiger charge is -2.03. The van der Waals surface area contributed by atoms with Crippen LogP contribution in [0, 0.1) is 9.39 Å². The molecule has 0 saturated carbocycles. The van der Waals surface area contributed by atoms with Crippen LogP contribution in [0.5, 0.6) is 0 Å². The molecule has 0 atom stereocenters. The largest absolute Gasteiger partial charge is 0.545 e. The summed E-state index contributed by atoms with van der Waals surface area (Å²) in [5.41, 5.74) is -0.392. The minimum absolute atomic E-state index is 0.282. The van der Waals surface area contributed by atoms with Crippen LogP contribution in [0.4, 0.5) is 4.39 Å². The fourth-order valence-electron chi connectivity index (χ4n) is 0.661. The van der Waals surface area contributed by atoms with Crippen molar-refractivity contribution in [1.82, 2.24) is 0 Å². The number of carbonyl (C=O) groups is 1. The summed E-state index contributed by atoms with van der Waals surface area (Å²) < 4.78 is 13.1. The van der Waals surface area contributed by atoms with Crippen LogP contribution in [0.25, 0.3) is 0 Å². The molecule has 0 aromatic heterocycles. The normalized spacial score (nSPS) is 9.64. The van der Waals surface area contributed by atoms with E-state index in [1.807, 2.05) is 0 Å². The Morgan fingerprint density at radius 2 is 2.18 bits per heavy atom. The van der Waals surface area contributed by atoms with Gasteiger partial charge in [0, 0.05) is 9.13 Å². The Kier molecular flexibility index (Phi) is 2.43. The van der Waals surface area contributed by atoms with Crippen LogP contribution >= 0.6 is 22.6 Å². The van der Waals surface area contributed by atoms with Gasteiger partial charge in [0.05, 0.1) is 5.97 Å². The Bertz CT molecular complexity index is 298. The first-order valence-electron chi connectivity index (χ1n) is 2.78. The first-order valence-corrected chi connectivity index (χ1v) is 3.86. The van der Waals surface area contributed by atoms with Crippen molar-refractivity contribution in [2.75, 3.05) is 0 Å². The molecule has 1 aromatic rings.